The van der Waals surface area contributed by atoms with Crippen LogP contribution < -0.4 is 11.1 Å². The van der Waals surface area contributed by atoms with Gasteiger partial charge in [0.15, 0.2) is 0 Å². The third-order valence-electron chi connectivity index (χ3n) is 3.29. The number of carbonyl (C=O) groups excluding carboxylic acids is 1. The summed E-state index contributed by atoms with van der Waals surface area (Å²) in [5.41, 5.74) is 6.67. The van der Waals surface area contributed by atoms with E-state index in [0.717, 1.165) is 5.39 Å². The summed E-state index contributed by atoms with van der Waals surface area (Å²) >= 11 is 0. The van der Waals surface area contributed by atoms with Crippen molar-refractivity contribution in [3.63, 3.8) is 0 Å². The fourth-order valence-corrected chi connectivity index (χ4v) is 2.14. The van der Waals surface area contributed by atoms with Gasteiger partial charge in [-0.1, -0.05) is 30.3 Å². The van der Waals surface area contributed by atoms with E-state index in [-0.39, 0.29) is 17.8 Å². The lowest BCUT2D eigenvalue weighted by Gasteiger charge is -2.16. The first kappa shape index (κ1) is 14.8. The second kappa shape index (κ2) is 6.69. The van der Waals surface area contributed by atoms with Crippen LogP contribution in [-0.4, -0.2) is 28.0 Å². The highest BCUT2D eigenvalue weighted by Crippen LogP contribution is 2.16. The summed E-state index contributed by atoms with van der Waals surface area (Å²) < 4.78 is 0. The second-order valence-corrected chi connectivity index (χ2v) is 4.75. The largest absolute Gasteiger partial charge is 0.409 e. The van der Waals surface area contributed by atoms with E-state index in [1.807, 2.05) is 31.2 Å². The first-order valence-corrected chi connectivity index (χ1v) is 6.76. The zero-order valence-electron chi connectivity index (χ0n) is 11.8. The van der Waals surface area contributed by atoms with E-state index in [9.17, 15) is 4.79 Å². The average molecular weight is 286 g/mol. The average Bonchev–Trinajstić information content (AvgIpc) is 2.53. The van der Waals surface area contributed by atoms with Gasteiger partial charge >= 0.3 is 0 Å². The van der Waals surface area contributed by atoms with Crippen molar-refractivity contribution < 1.29 is 10.0 Å². The van der Waals surface area contributed by atoms with Crippen LogP contribution in [0.25, 0.3) is 10.9 Å². The zero-order chi connectivity index (χ0) is 15.2. The predicted molar refractivity (Wildman–Crippen MR) is 81.3 cm³/mol. The monoisotopic (exact) mass is 286 g/mol. The smallest absolute Gasteiger partial charge is 0.253 e. The summed E-state index contributed by atoms with van der Waals surface area (Å²) in [7, 11) is 0. The van der Waals surface area contributed by atoms with Crippen LogP contribution in [0, 0.1) is 0 Å². The fraction of sp³-hybridized carbons (Fsp3) is 0.267. The Labute approximate surface area is 122 Å². The number of pyridine rings is 1. The minimum Gasteiger partial charge on any atom is -0.409 e. The summed E-state index contributed by atoms with van der Waals surface area (Å²) in [5, 5.41) is 15.4. The summed E-state index contributed by atoms with van der Waals surface area (Å²) in [6, 6.07) is 9.02. The normalized spacial score (nSPS) is 13.1. The zero-order valence-corrected chi connectivity index (χ0v) is 11.8. The number of oxime groups is 1. The third-order valence-corrected chi connectivity index (χ3v) is 3.29. The van der Waals surface area contributed by atoms with Crippen molar-refractivity contribution >= 4 is 22.6 Å². The number of amidine groups is 1. The highest BCUT2D eigenvalue weighted by Gasteiger charge is 2.16. The van der Waals surface area contributed by atoms with Gasteiger partial charge in [-0.25, -0.2) is 0 Å². The number of hydrogen-bond acceptors (Lipinski definition) is 4. The van der Waals surface area contributed by atoms with Gasteiger partial charge in [0.1, 0.15) is 5.84 Å². The van der Waals surface area contributed by atoms with Crippen LogP contribution in [0.2, 0.25) is 0 Å². The molecule has 21 heavy (non-hydrogen) atoms. The molecule has 0 aliphatic carbocycles. The number of nitrogens with zero attached hydrogens (tertiary/aromatic N) is 2. The molecule has 0 saturated heterocycles. The van der Waals surface area contributed by atoms with Gasteiger partial charge in [-0.15, -0.1) is 0 Å². The number of aromatic nitrogens is 1. The van der Waals surface area contributed by atoms with Crippen molar-refractivity contribution in [2.75, 3.05) is 0 Å². The van der Waals surface area contributed by atoms with Gasteiger partial charge in [-0.05, 0) is 18.6 Å². The Balaban J connectivity index is 2.22. The van der Waals surface area contributed by atoms with Crippen LogP contribution in [-0.2, 0) is 0 Å². The standard InChI is InChI=1S/C15H18N4O2/c1-2-11(9-13(16)19-21)18-15(20)12-7-3-5-10-6-4-8-17-14(10)12/h3-8,11,21H,2,9H2,1H3,(H2,16,19)(H,18,20). The summed E-state index contributed by atoms with van der Waals surface area (Å²) in [4.78, 5) is 16.7. The molecule has 0 bridgehead atoms. The molecule has 6 nitrogen and oxygen atoms in total. The molecular formula is C15H18N4O2. The number of benzene rings is 1. The SMILES string of the molecule is CCC(CC(N)=NO)NC(=O)c1cccc2cccnc12. The van der Waals surface area contributed by atoms with Crippen LogP contribution in [0.4, 0.5) is 0 Å². The Morgan fingerprint density at radius 3 is 2.90 bits per heavy atom. The van der Waals surface area contributed by atoms with Crippen molar-refractivity contribution in [3.8, 4) is 0 Å². The van der Waals surface area contributed by atoms with Gasteiger partial charge in [0.2, 0.25) is 0 Å². The van der Waals surface area contributed by atoms with Crippen LogP contribution in [0.15, 0.2) is 41.7 Å². The number of nitrogens with one attached hydrogen (secondary N) is 1. The highest BCUT2D eigenvalue weighted by molar-refractivity contribution is 6.05. The van der Waals surface area contributed by atoms with Crippen molar-refractivity contribution in [2.24, 2.45) is 10.9 Å². The molecule has 2 rings (SSSR count). The molecule has 110 valence electrons. The Kier molecular flexibility index (Phi) is 4.71. The number of carbonyl (C=O) groups is 1. The molecule has 1 atom stereocenters. The lowest BCUT2D eigenvalue weighted by atomic mass is 10.1. The van der Waals surface area contributed by atoms with Crippen LogP contribution in [0.5, 0.6) is 0 Å². The first-order chi connectivity index (χ1) is 10.2. The molecule has 0 aliphatic heterocycles. The molecule has 0 aliphatic rings. The third kappa shape index (κ3) is 3.47. The first-order valence-electron chi connectivity index (χ1n) is 6.76. The van der Waals surface area contributed by atoms with Gasteiger partial charge in [-0.2, -0.15) is 0 Å². The van der Waals surface area contributed by atoms with E-state index in [1.54, 1.807) is 12.3 Å². The minimum atomic E-state index is -0.211. The molecule has 2 aromatic rings. The second-order valence-electron chi connectivity index (χ2n) is 4.75. The van der Waals surface area contributed by atoms with Gasteiger partial charge in [-0.3, -0.25) is 9.78 Å². The summed E-state index contributed by atoms with van der Waals surface area (Å²) in [5.74, 6) is -0.116. The van der Waals surface area contributed by atoms with Crippen molar-refractivity contribution in [2.45, 2.75) is 25.8 Å². The number of rotatable bonds is 5. The summed E-state index contributed by atoms with van der Waals surface area (Å²) in [6.07, 6.45) is 2.64. The molecule has 1 heterocycles. The molecule has 4 N–H and O–H groups in total. The fourth-order valence-electron chi connectivity index (χ4n) is 2.14. The van der Waals surface area contributed by atoms with Crippen LogP contribution in [0.1, 0.15) is 30.1 Å². The molecule has 1 aromatic heterocycles. The highest BCUT2D eigenvalue weighted by atomic mass is 16.4. The molecule has 1 amide bonds. The maximum absolute atomic E-state index is 12.4. The number of fused-ring (bicyclic) bond motifs is 1. The number of amides is 1. The molecular weight excluding hydrogens is 268 g/mol. The van der Waals surface area contributed by atoms with Gasteiger partial charge in [0.05, 0.1) is 11.1 Å². The topological polar surface area (TPSA) is 101 Å². The lowest BCUT2D eigenvalue weighted by Crippen LogP contribution is -2.37. The molecule has 1 aromatic carbocycles. The minimum absolute atomic E-state index is 0.0956. The maximum atomic E-state index is 12.4. The van der Waals surface area contributed by atoms with Crippen molar-refractivity contribution in [3.05, 3.63) is 42.1 Å². The number of hydrogen-bond donors (Lipinski definition) is 3. The predicted octanol–water partition coefficient (Wildman–Crippen LogP) is 1.88. The molecule has 0 fully saturated rings. The number of nitrogens with two attached hydrogens (primary N) is 1. The Morgan fingerprint density at radius 1 is 1.43 bits per heavy atom. The van der Waals surface area contributed by atoms with E-state index < -0.39 is 0 Å². The quantitative estimate of drug-likeness (QED) is 0.338. The maximum Gasteiger partial charge on any atom is 0.253 e. The van der Waals surface area contributed by atoms with Gasteiger partial charge in [0.25, 0.3) is 5.91 Å². The number of para-hydroxylation sites is 1. The van der Waals surface area contributed by atoms with Crippen molar-refractivity contribution in [1.29, 1.82) is 0 Å². The lowest BCUT2D eigenvalue weighted by molar-refractivity contribution is 0.0938. The van der Waals surface area contributed by atoms with E-state index in [4.69, 9.17) is 10.9 Å². The van der Waals surface area contributed by atoms with Gasteiger partial charge < -0.3 is 16.3 Å². The molecule has 0 saturated carbocycles. The van der Waals surface area contributed by atoms with E-state index >= 15 is 0 Å². The van der Waals surface area contributed by atoms with Crippen LogP contribution >= 0.6 is 0 Å². The molecule has 1 unspecified atom stereocenters. The molecule has 6 heteroatoms. The molecule has 0 radical (unpaired) electrons. The van der Waals surface area contributed by atoms with Crippen molar-refractivity contribution in [1.82, 2.24) is 10.3 Å². The Hall–Kier alpha value is -2.63. The molecule has 0 spiro atoms. The Bertz CT molecular complexity index is 664. The van der Waals surface area contributed by atoms with E-state index in [1.165, 1.54) is 0 Å². The van der Waals surface area contributed by atoms with E-state index in [0.29, 0.717) is 23.9 Å². The Morgan fingerprint density at radius 2 is 2.19 bits per heavy atom. The van der Waals surface area contributed by atoms with E-state index in [2.05, 4.69) is 15.5 Å². The van der Waals surface area contributed by atoms with Gasteiger partial charge in [0, 0.05) is 24.0 Å². The van der Waals surface area contributed by atoms with Crippen LogP contribution in [0.3, 0.4) is 0 Å². The summed E-state index contributed by atoms with van der Waals surface area (Å²) in [6.45, 7) is 1.93.